The van der Waals surface area contributed by atoms with E-state index in [1.807, 2.05) is 6.92 Å². The average Bonchev–Trinajstić information content (AvgIpc) is 2.71. The number of aromatic nitrogens is 2. The number of hydrogen-bond acceptors (Lipinski definition) is 2. The Labute approximate surface area is 94.8 Å². The molecular formula is C12H17N3O. The predicted octanol–water partition coefficient (Wildman–Crippen LogP) is 1.38. The van der Waals surface area contributed by atoms with Gasteiger partial charge < -0.3 is 5.32 Å². The number of carbonyl (C=O) groups is 1. The van der Waals surface area contributed by atoms with Crippen molar-refractivity contribution in [1.29, 1.82) is 0 Å². The Hall–Kier alpha value is -1.32. The average molecular weight is 219 g/mol. The Morgan fingerprint density at radius 1 is 1.50 bits per heavy atom. The number of nitrogens with one attached hydrogen (secondary N) is 2. The highest BCUT2D eigenvalue weighted by Gasteiger charge is 2.47. The van der Waals surface area contributed by atoms with Crippen LogP contribution in [0.5, 0.6) is 0 Å². The van der Waals surface area contributed by atoms with Gasteiger partial charge in [-0.3, -0.25) is 9.89 Å². The first kappa shape index (κ1) is 9.87. The van der Waals surface area contributed by atoms with E-state index < -0.39 is 0 Å². The summed E-state index contributed by atoms with van der Waals surface area (Å²) in [7, 11) is 0. The summed E-state index contributed by atoms with van der Waals surface area (Å²) in [5, 5.41) is 9.82. The van der Waals surface area contributed by atoms with Crippen LogP contribution >= 0.6 is 0 Å². The summed E-state index contributed by atoms with van der Waals surface area (Å²) >= 11 is 0. The third-order valence-corrected chi connectivity index (χ3v) is 4.00. The molecule has 1 amide bonds. The van der Waals surface area contributed by atoms with Crippen molar-refractivity contribution in [2.24, 2.45) is 17.8 Å². The lowest BCUT2D eigenvalue weighted by Crippen LogP contribution is -2.29. The standard InChI is InChI=1S/C12H17N3O/c1-7-11(6-14-15-7)5-13-12(16)10-3-8-2-9(8)4-10/h6,8-10H,2-5H2,1H3,(H,13,16)(H,14,15). The molecular weight excluding hydrogens is 202 g/mol. The third kappa shape index (κ3) is 1.72. The van der Waals surface area contributed by atoms with E-state index in [1.165, 1.54) is 6.42 Å². The minimum Gasteiger partial charge on any atom is -0.352 e. The van der Waals surface area contributed by atoms with Crippen molar-refractivity contribution in [3.63, 3.8) is 0 Å². The molecule has 2 fully saturated rings. The second kappa shape index (κ2) is 3.61. The van der Waals surface area contributed by atoms with Gasteiger partial charge in [-0.1, -0.05) is 0 Å². The molecule has 1 aromatic rings. The highest BCUT2D eigenvalue weighted by Crippen LogP contribution is 2.54. The van der Waals surface area contributed by atoms with Gasteiger partial charge in [0.1, 0.15) is 0 Å². The Morgan fingerprint density at radius 3 is 2.88 bits per heavy atom. The van der Waals surface area contributed by atoms with Crippen molar-refractivity contribution in [3.8, 4) is 0 Å². The van der Waals surface area contributed by atoms with Gasteiger partial charge in [0.2, 0.25) is 5.91 Å². The number of rotatable bonds is 3. The quantitative estimate of drug-likeness (QED) is 0.807. The van der Waals surface area contributed by atoms with Crippen LogP contribution in [0.2, 0.25) is 0 Å². The highest BCUT2D eigenvalue weighted by molar-refractivity contribution is 5.79. The molecule has 16 heavy (non-hydrogen) atoms. The molecule has 4 heteroatoms. The van der Waals surface area contributed by atoms with E-state index in [0.717, 1.165) is 35.9 Å². The van der Waals surface area contributed by atoms with E-state index in [1.54, 1.807) is 6.20 Å². The fraction of sp³-hybridized carbons (Fsp3) is 0.667. The molecule has 0 spiro atoms. The largest absolute Gasteiger partial charge is 0.352 e. The zero-order chi connectivity index (χ0) is 11.1. The number of aromatic amines is 1. The van der Waals surface area contributed by atoms with Crippen LogP contribution in [0.4, 0.5) is 0 Å². The van der Waals surface area contributed by atoms with E-state index in [9.17, 15) is 4.79 Å². The molecule has 2 atom stereocenters. The van der Waals surface area contributed by atoms with Gasteiger partial charge in [-0.2, -0.15) is 5.10 Å². The molecule has 0 aromatic carbocycles. The van der Waals surface area contributed by atoms with Crippen LogP contribution in [0.25, 0.3) is 0 Å². The minimum absolute atomic E-state index is 0.229. The second-order valence-electron chi connectivity index (χ2n) is 5.16. The monoisotopic (exact) mass is 219 g/mol. The lowest BCUT2D eigenvalue weighted by atomic mass is 10.0. The molecule has 0 aliphatic heterocycles. The maximum Gasteiger partial charge on any atom is 0.223 e. The first-order chi connectivity index (χ1) is 7.74. The zero-order valence-electron chi connectivity index (χ0n) is 9.49. The first-order valence-corrected chi connectivity index (χ1v) is 6.00. The molecule has 0 saturated heterocycles. The Balaban J connectivity index is 1.51. The number of aryl methyl sites for hydroxylation is 1. The van der Waals surface area contributed by atoms with Crippen molar-refractivity contribution in [2.75, 3.05) is 0 Å². The van der Waals surface area contributed by atoms with Crippen molar-refractivity contribution in [3.05, 3.63) is 17.5 Å². The van der Waals surface area contributed by atoms with Gasteiger partial charge in [0, 0.05) is 23.7 Å². The van der Waals surface area contributed by atoms with Gasteiger partial charge in [0.25, 0.3) is 0 Å². The number of carbonyl (C=O) groups excluding carboxylic acids is 1. The van der Waals surface area contributed by atoms with Crippen molar-refractivity contribution < 1.29 is 4.79 Å². The Morgan fingerprint density at radius 2 is 2.25 bits per heavy atom. The maximum atomic E-state index is 11.9. The van der Waals surface area contributed by atoms with Gasteiger partial charge in [0.05, 0.1) is 6.20 Å². The summed E-state index contributed by atoms with van der Waals surface area (Å²) in [5.41, 5.74) is 2.12. The van der Waals surface area contributed by atoms with Gasteiger partial charge in [-0.15, -0.1) is 0 Å². The van der Waals surface area contributed by atoms with E-state index in [0.29, 0.717) is 6.54 Å². The van der Waals surface area contributed by atoms with Crippen LogP contribution < -0.4 is 5.32 Å². The fourth-order valence-electron chi connectivity index (χ4n) is 2.81. The number of hydrogen-bond donors (Lipinski definition) is 2. The van der Waals surface area contributed by atoms with Crippen LogP contribution in [-0.2, 0) is 11.3 Å². The molecule has 0 radical (unpaired) electrons. The van der Waals surface area contributed by atoms with E-state index in [-0.39, 0.29) is 11.8 Å². The summed E-state index contributed by atoms with van der Waals surface area (Å²) in [4.78, 5) is 11.9. The molecule has 2 aliphatic carbocycles. The smallest absolute Gasteiger partial charge is 0.223 e. The highest BCUT2D eigenvalue weighted by atomic mass is 16.1. The Kier molecular flexibility index (Phi) is 2.23. The predicted molar refractivity (Wildman–Crippen MR) is 59.5 cm³/mol. The molecule has 86 valence electrons. The van der Waals surface area contributed by atoms with Crippen LogP contribution in [-0.4, -0.2) is 16.1 Å². The number of fused-ring (bicyclic) bond motifs is 1. The van der Waals surface area contributed by atoms with E-state index in [2.05, 4.69) is 15.5 Å². The van der Waals surface area contributed by atoms with Crippen LogP contribution in [0, 0.1) is 24.7 Å². The minimum atomic E-state index is 0.229. The molecule has 4 nitrogen and oxygen atoms in total. The van der Waals surface area contributed by atoms with Crippen molar-refractivity contribution in [2.45, 2.75) is 32.7 Å². The second-order valence-corrected chi connectivity index (χ2v) is 5.16. The van der Waals surface area contributed by atoms with E-state index >= 15 is 0 Å². The lowest BCUT2D eigenvalue weighted by Gasteiger charge is -2.11. The van der Waals surface area contributed by atoms with Crippen LogP contribution in [0.15, 0.2) is 6.20 Å². The van der Waals surface area contributed by atoms with Crippen molar-refractivity contribution in [1.82, 2.24) is 15.5 Å². The van der Waals surface area contributed by atoms with Gasteiger partial charge in [0.15, 0.2) is 0 Å². The lowest BCUT2D eigenvalue weighted by molar-refractivity contribution is -0.125. The van der Waals surface area contributed by atoms with Gasteiger partial charge in [-0.05, 0) is 38.0 Å². The summed E-state index contributed by atoms with van der Waals surface area (Å²) in [6, 6.07) is 0. The zero-order valence-corrected chi connectivity index (χ0v) is 9.49. The molecule has 2 saturated carbocycles. The number of amides is 1. The number of H-pyrrole nitrogens is 1. The summed E-state index contributed by atoms with van der Waals surface area (Å²) in [6.07, 6.45) is 5.37. The molecule has 2 aliphatic rings. The molecule has 1 heterocycles. The summed E-state index contributed by atoms with van der Waals surface area (Å²) in [6.45, 7) is 2.58. The van der Waals surface area contributed by atoms with Crippen molar-refractivity contribution >= 4 is 5.91 Å². The Bertz CT molecular complexity index is 402. The topological polar surface area (TPSA) is 57.8 Å². The normalized spacial score (nSPS) is 31.2. The number of nitrogens with zero attached hydrogens (tertiary/aromatic N) is 1. The van der Waals surface area contributed by atoms with Gasteiger partial charge in [-0.25, -0.2) is 0 Å². The molecule has 2 N–H and O–H groups in total. The molecule has 2 unspecified atom stereocenters. The third-order valence-electron chi connectivity index (χ3n) is 4.00. The molecule has 0 bridgehead atoms. The maximum absolute atomic E-state index is 11.9. The fourth-order valence-corrected chi connectivity index (χ4v) is 2.81. The SMILES string of the molecule is Cc1[nH]ncc1CNC(=O)C1CC2CC2C1. The summed E-state index contributed by atoms with van der Waals surface area (Å²) < 4.78 is 0. The van der Waals surface area contributed by atoms with Gasteiger partial charge >= 0.3 is 0 Å². The first-order valence-electron chi connectivity index (χ1n) is 6.00. The van der Waals surface area contributed by atoms with Crippen LogP contribution in [0.1, 0.15) is 30.5 Å². The molecule has 3 rings (SSSR count). The summed E-state index contributed by atoms with van der Waals surface area (Å²) in [5.74, 6) is 2.24. The van der Waals surface area contributed by atoms with Crippen LogP contribution in [0.3, 0.4) is 0 Å². The molecule has 1 aromatic heterocycles. The van der Waals surface area contributed by atoms with E-state index in [4.69, 9.17) is 0 Å².